The summed E-state index contributed by atoms with van der Waals surface area (Å²) in [5.74, 6) is 0.798. The zero-order chi connectivity index (χ0) is 14.3. The van der Waals surface area contributed by atoms with Crippen molar-refractivity contribution in [1.29, 1.82) is 0 Å². The van der Waals surface area contributed by atoms with Crippen LogP contribution < -0.4 is 0 Å². The Labute approximate surface area is 115 Å². The Balaban J connectivity index is 1.86. The van der Waals surface area contributed by atoms with Crippen LogP contribution in [-0.4, -0.2) is 35.5 Å². The first-order valence-electron chi connectivity index (χ1n) is 7.23. The Bertz CT molecular complexity index is 371. The van der Waals surface area contributed by atoms with Crippen LogP contribution in [0.5, 0.6) is 0 Å². The van der Waals surface area contributed by atoms with Gasteiger partial charge in [0.25, 0.3) is 0 Å². The van der Waals surface area contributed by atoms with Crippen molar-refractivity contribution in [3.63, 3.8) is 0 Å². The van der Waals surface area contributed by atoms with Gasteiger partial charge >= 0.3 is 6.09 Å². The number of ketones is 1. The van der Waals surface area contributed by atoms with E-state index in [2.05, 4.69) is 0 Å². The molecule has 2 fully saturated rings. The lowest BCUT2D eigenvalue weighted by molar-refractivity contribution is -0.124. The van der Waals surface area contributed by atoms with E-state index in [1.165, 1.54) is 0 Å². The van der Waals surface area contributed by atoms with E-state index in [1.807, 2.05) is 20.8 Å². The van der Waals surface area contributed by atoms with Gasteiger partial charge in [0.1, 0.15) is 11.4 Å². The molecule has 0 unspecified atom stereocenters. The highest BCUT2D eigenvalue weighted by molar-refractivity contribution is 5.85. The van der Waals surface area contributed by atoms with Gasteiger partial charge in [0.2, 0.25) is 0 Å². The van der Waals surface area contributed by atoms with Crippen molar-refractivity contribution in [2.45, 2.75) is 59.0 Å². The molecule has 0 atom stereocenters. The number of carbonyl (C=O) groups is 2. The lowest BCUT2D eigenvalue weighted by Gasteiger charge is -2.36. The number of Topliss-reactive ketones (excluding diaryl/α,β-unsaturated/α-hetero) is 1. The molecule has 4 nitrogen and oxygen atoms in total. The first-order valence-corrected chi connectivity index (χ1v) is 7.23. The number of ether oxygens (including phenoxy) is 1. The van der Waals surface area contributed by atoms with Gasteiger partial charge in [-0.25, -0.2) is 4.79 Å². The Morgan fingerprint density at radius 2 is 1.68 bits per heavy atom. The second-order valence-electron chi connectivity index (χ2n) is 6.95. The largest absolute Gasteiger partial charge is 0.444 e. The number of likely N-dealkylation sites (tertiary alicyclic amines) is 1. The molecule has 1 saturated carbocycles. The molecule has 0 spiro atoms. The molecule has 1 amide bonds. The fraction of sp³-hybridized carbons (Fsp3) is 0.867. The highest BCUT2D eigenvalue weighted by Crippen LogP contribution is 2.55. The molecule has 1 aliphatic heterocycles. The van der Waals surface area contributed by atoms with Crippen molar-refractivity contribution in [2.24, 2.45) is 11.3 Å². The smallest absolute Gasteiger partial charge is 0.410 e. The molecular weight excluding hydrogens is 242 g/mol. The van der Waals surface area contributed by atoms with Crippen LogP contribution in [-0.2, 0) is 9.53 Å². The maximum absolute atomic E-state index is 12.0. The zero-order valence-electron chi connectivity index (χ0n) is 12.5. The molecule has 0 aromatic rings. The van der Waals surface area contributed by atoms with Crippen LogP contribution in [0.3, 0.4) is 0 Å². The number of piperidine rings is 1. The summed E-state index contributed by atoms with van der Waals surface area (Å²) >= 11 is 0. The Hall–Kier alpha value is -1.06. The van der Waals surface area contributed by atoms with Gasteiger partial charge in [-0.15, -0.1) is 0 Å². The van der Waals surface area contributed by atoms with E-state index in [1.54, 1.807) is 11.8 Å². The Morgan fingerprint density at radius 3 is 2.05 bits per heavy atom. The molecule has 0 radical (unpaired) electrons. The van der Waals surface area contributed by atoms with E-state index >= 15 is 0 Å². The first-order chi connectivity index (χ1) is 8.74. The van der Waals surface area contributed by atoms with E-state index < -0.39 is 5.60 Å². The summed E-state index contributed by atoms with van der Waals surface area (Å²) in [4.78, 5) is 25.5. The van der Waals surface area contributed by atoms with Gasteiger partial charge in [-0.3, -0.25) is 4.79 Å². The third kappa shape index (κ3) is 3.10. The van der Waals surface area contributed by atoms with E-state index in [4.69, 9.17) is 4.74 Å². The topological polar surface area (TPSA) is 46.6 Å². The molecule has 2 aliphatic rings. The fourth-order valence-electron chi connectivity index (χ4n) is 3.12. The molecule has 1 heterocycles. The molecule has 1 saturated heterocycles. The Morgan fingerprint density at radius 1 is 1.16 bits per heavy atom. The van der Waals surface area contributed by atoms with Crippen molar-refractivity contribution >= 4 is 11.9 Å². The lowest BCUT2D eigenvalue weighted by Crippen LogP contribution is -2.43. The second kappa shape index (κ2) is 4.80. The quantitative estimate of drug-likeness (QED) is 0.772. The second-order valence-corrected chi connectivity index (χ2v) is 6.95. The van der Waals surface area contributed by atoms with Gasteiger partial charge in [-0.1, -0.05) is 0 Å². The zero-order valence-corrected chi connectivity index (χ0v) is 12.5. The van der Waals surface area contributed by atoms with Gasteiger partial charge in [0.05, 0.1) is 0 Å². The number of rotatable bonds is 2. The van der Waals surface area contributed by atoms with Gasteiger partial charge < -0.3 is 9.64 Å². The van der Waals surface area contributed by atoms with Gasteiger partial charge in [0.15, 0.2) is 0 Å². The van der Waals surface area contributed by atoms with Crippen molar-refractivity contribution in [1.82, 2.24) is 4.90 Å². The van der Waals surface area contributed by atoms with Crippen LogP contribution in [0.1, 0.15) is 53.4 Å². The number of nitrogens with zero attached hydrogens (tertiary/aromatic N) is 1. The summed E-state index contributed by atoms with van der Waals surface area (Å²) in [6.45, 7) is 8.79. The van der Waals surface area contributed by atoms with Crippen LogP contribution in [0, 0.1) is 11.3 Å². The van der Waals surface area contributed by atoms with Gasteiger partial charge in [-0.2, -0.15) is 0 Å². The van der Waals surface area contributed by atoms with Gasteiger partial charge in [-0.05, 0) is 59.3 Å². The molecule has 4 heteroatoms. The summed E-state index contributed by atoms with van der Waals surface area (Å²) in [5.41, 5.74) is -0.481. The summed E-state index contributed by atoms with van der Waals surface area (Å²) < 4.78 is 5.38. The summed E-state index contributed by atoms with van der Waals surface area (Å²) in [6.07, 6.45) is 3.72. The third-order valence-corrected chi connectivity index (χ3v) is 4.42. The predicted octanol–water partition coefficient (Wildman–Crippen LogP) is 3.00. The van der Waals surface area contributed by atoms with Crippen molar-refractivity contribution < 1.29 is 14.3 Å². The van der Waals surface area contributed by atoms with Crippen LogP contribution in [0.15, 0.2) is 0 Å². The number of amides is 1. The van der Waals surface area contributed by atoms with Crippen molar-refractivity contribution in [2.75, 3.05) is 13.1 Å². The van der Waals surface area contributed by atoms with E-state index in [-0.39, 0.29) is 11.5 Å². The van der Waals surface area contributed by atoms with Crippen LogP contribution in [0.25, 0.3) is 0 Å². The summed E-state index contributed by atoms with van der Waals surface area (Å²) in [6, 6.07) is 0. The van der Waals surface area contributed by atoms with Gasteiger partial charge in [0, 0.05) is 18.5 Å². The normalized spacial score (nSPS) is 23.1. The molecule has 1 aliphatic carbocycles. The van der Waals surface area contributed by atoms with E-state index in [9.17, 15) is 9.59 Å². The minimum absolute atomic E-state index is 0.0416. The molecule has 19 heavy (non-hydrogen) atoms. The predicted molar refractivity (Wildman–Crippen MR) is 72.9 cm³/mol. The van der Waals surface area contributed by atoms with E-state index in [0.717, 1.165) is 25.7 Å². The Kier molecular flexibility index (Phi) is 3.63. The molecular formula is C15H25NO3. The van der Waals surface area contributed by atoms with E-state index in [0.29, 0.717) is 24.8 Å². The van der Waals surface area contributed by atoms with Crippen molar-refractivity contribution in [3.8, 4) is 0 Å². The average Bonchev–Trinajstić information content (AvgIpc) is 3.08. The molecule has 108 valence electrons. The SMILES string of the molecule is CC(=O)C1(C2CCN(C(=O)OC(C)(C)C)CC2)CC1. The number of carbonyl (C=O) groups excluding carboxylic acids is 2. The lowest BCUT2D eigenvalue weighted by atomic mass is 9.79. The standard InChI is InChI=1S/C15H25NO3/c1-11(17)15(7-8-15)12-5-9-16(10-6-12)13(18)19-14(2,3)4/h12H,5-10H2,1-4H3. The first kappa shape index (κ1) is 14.4. The minimum Gasteiger partial charge on any atom is -0.444 e. The number of hydrogen-bond acceptors (Lipinski definition) is 3. The minimum atomic E-state index is -0.439. The summed E-state index contributed by atoms with van der Waals surface area (Å²) in [5, 5.41) is 0. The molecule has 2 rings (SSSR count). The maximum atomic E-state index is 12.0. The number of hydrogen-bond donors (Lipinski definition) is 0. The monoisotopic (exact) mass is 267 g/mol. The maximum Gasteiger partial charge on any atom is 0.410 e. The third-order valence-electron chi connectivity index (χ3n) is 4.42. The average molecular weight is 267 g/mol. The molecule has 0 bridgehead atoms. The van der Waals surface area contributed by atoms with Crippen molar-refractivity contribution in [3.05, 3.63) is 0 Å². The molecule has 0 aromatic carbocycles. The molecule has 0 aromatic heterocycles. The van der Waals surface area contributed by atoms with Crippen LogP contribution >= 0.6 is 0 Å². The molecule has 0 N–H and O–H groups in total. The fourth-order valence-corrected chi connectivity index (χ4v) is 3.12. The highest BCUT2D eigenvalue weighted by atomic mass is 16.6. The highest BCUT2D eigenvalue weighted by Gasteiger charge is 2.53. The van der Waals surface area contributed by atoms with Crippen LogP contribution in [0.4, 0.5) is 4.79 Å². The summed E-state index contributed by atoms with van der Waals surface area (Å²) in [7, 11) is 0. The van der Waals surface area contributed by atoms with Crippen LogP contribution in [0.2, 0.25) is 0 Å².